The van der Waals surface area contributed by atoms with Crippen LogP contribution < -0.4 is 11.5 Å². The second kappa shape index (κ2) is 8.04. The molecule has 9 nitrogen and oxygen atoms in total. The molecule has 3 aromatic rings. The van der Waals surface area contributed by atoms with Crippen molar-refractivity contribution in [2.75, 3.05) is 36.7 Å². The van der Waals surface area contributed by atoms with Crippen LogP contribution in [0.25, 0.3) is 16.9 Å². The van der Waals surface area contributed by atoms with Crippen molar-refractivity contribution in [3.63, 3.8) is 0 Å². The topological polar surface area (TPSA) is 139 Å². The Hall–Kier alpha value is -2.98. The van der Waals surface area contributed by atoms with E-state index in [2.05, 4.69) is 15.1 Å². The minimum Gasteiger partial charge on any atom is -0.395 e. The summed E-state index contributed by atoms with van der Waals surface area (Å²) in [6.07, 6.45) is 8.74. The van der Waals surface area contributed by atoms with Crippen molar-refractivity contribution in [1.29, 1.82) is 0 Å². The molecule has 0 saturated carbocycles. The average Bonchev–Trinajstić information content (AvgIpc) is 3.15. The SMILES string of the molecule is CS(=O)(=O)CCC(c1ccc(-n2cc(-c3ccnc(N)c3N)cn2)nc1)C1COC1. The highest BCUT2D eigenvalue weighted by Gasteiger charge is 2.30. The van der Waals surface area contributed by atoms with Gasteiger partial charge < -0.3 is 16.2 Å². The molecule has 1 aliphatic rings. The highest BCUT2D eigenvalue weighted by Crippen LogP contribution is 2.33. The molecule has 1 saturated heterocycles. The minimum absolute atomic E-state index is 0.0998. The van der Waals surface area contributed by atoms with E-state index in [0.29, 0.717) is 37.1 Å². The fraction of sp³-hybridized carbons (Fsp3) is 0.350. The molecule has 0 radical (unpaired) electrons. The van der Waals surface area contributed by atoms with Gasteiger partial charge in [-0.1, -0.05) is 6.07 Å². The lowest BCUT2D eigenvalue weighted by molar-refractivity contribution is -0.0455. The Bertz CT molecular complexity index is 1140. The molecule has 4 heterocycles. The number of hydrogen-bond acceptors (Lipinski definition) is 8. The summed E-state index contributed by atoms with van der Waals surface area (Å²) in [5, 5.41) is 4.38. The van der Waals surface area contributed by atoms with E-state index in [4.69, 9.17) is 16.2 Å². The zero-order valence-corrected chi connectivity index (χ0v) is 17.4. The fourth-order valence-corrected chi connectivity index (χ4v) is 4.26. The van der Waals surface area contributed by atoms with Crippen molar-refractivity contribution in [3.05, 3.63) is 48.5 Å². The normalized spacial score (nSPS) is 15.6. The molecule has 0 amide bonds. The highest BCUT2D eigenvalue weighted by molar-refractivity contribution is 7.90. The number of pyridine rings is 2. The Kier molecular flexibility index (Phi) is 5.44. The Morgan fingerprint density at radius 2 is 2.00 bits per heavy atom. The van der Waals surface area contributed by atoms with E-state index in [9.17, 15) is 8.42 Å². The standard InChI is InChI=1S/C20H24N6O3S/c1-30(27,28)7-5-16(15-11-29-12-15)13-2-3-18(24-8-13)26-10-14(9-25-26)17-4-6-23-20(22)19(17)21/h2-4,6,8-10,15-16H,5,7,11-12,21H2,1H3,(H2,22,23). The number of hydrogen-bond donors (Lipinski definition) is 2. The predicted octanol–water partition coefficient (Wildman–Crippen LogP) is 1.66. The highest BCUT2D eigenvalue weighted by atomic mass is 32.2. The molecular weight excluding hydrogens is 404 g/mol. The smallest absolute Gasteiger partial charge is 0.153 e. The van der Waals surface area contributed by atoms with E-state index in [1.54, 1.807) is 29.3 Å². The third-order valence-electron chi connectivity index (χ3n) is 5.38. The van der Waals surface area contributed by atoms with Crippen molar-refractivity contribution < 1.29 is 13.2 Å². The summed E-state index contributed by atoms with van der Waals surface area (Å²) >= 11 is 0. The van der Waals surface area contributed by atoms with Gasteiger partial charge in [0.25, 0.3) is 0 Å². The molecule has 158 valence electrons. The summed E-state index contributed by atoms with van der Waals surface area (Å²) in [6.45, 7) is 1.30. The van der Waals surface area contributed by atoms with Gasteiger partial charge in [0.15, 0.2) is 5.82 Å². The summed E-state index contributed by atoms with van der Waals surface area (Å²) in [5.41, 5.74) is 14.8. The monoisotopic (exact) mass is 428 g/mol. The molecule has 1 atom stereocenters. The van der Waals surface area contributed by atoms with Crippen LogP contribution in [0.3, 0.4) is 0 Å². The molecule has 0 bridgehead atoms. The fourth-order valence-electron chi connectivity index (χ4n) is 3.58. The second-order valence-corrected chi connectivity index (χ2v) is 9.86. The van der Waals surface area contributed by atoms with Crippen LogP contribution in [0, 0.1) is 5.92 Å². The van der Waals surface area contributed by atoms with Gasteiger partial charge in [-0.05, 0) is 30.0 Å². The van der Waals surface area contributed by atoms with E-state index in [1.165, 1.54) is 6.26 Å². The van der Waals surface area contributed by atoms with E-state index in [-0.39, 0.29) is 17.5 Å². The second-order valence-electron chi connectivity index (χ2n) is 7.60. The number of nitrogens with zero attached hydrogens (tertiary/aromatic N) is 4. The van der Waals surface area contributed by atoms with Crippen molar-refractivity contribution in [3.8, 4) is 16.9 Å². The van der Waals surface area contributed by atoms with Gasteiger partial charge in [-0.2, -0.15) is 5.10 Å². The predicted molar refractivity (Wildman–Crippen MR) is 115 cm³/mol. The molecule has 4 N–H and O–H groups in total. The van der Waals surface area contributed by atoms with E-state index in [0.717, 1.165) is 16.7 Å². The molecule has 3 aromatic heterocycles. The van der Waals surface area contributed by atoms with E-state index in [1.807, 2.05) is 18.3 Å². The minimum atomic E-state index is -3.03. The van der Waals surface area contributed by atoms with Gasteiger partial charge in [-0.3, -0.25) is 0 Å². The Morgan fingerprint density at radius 1 is 1.20 bits per heavy atom. The molecule has 0 aromatic carbocycles. The first-order valence-electron chi connectivity index (χ1n) is 9.58. The van der Waals surface area contributed by atoms with Gasteiger partial charge in [-0.25, -0.2) is 23.1 Å². The van der Waals surface area contributed by atoms with Gasteiger partial charge >= 0.3 is 0 Å². The quantitative estimate of drug-likeness (QED) is 0.579. The molecule has 10 heteroatoms. The van der Waals surface area contributed by atoms with Crippen LogP contribution in [0.2, 0.25) is 0 Å². The summed E-state index contributed by atoms with van der Waals surface area (Å²) in [4.78, 5) is 8.52. The van der Waals surface area contributed by atoms with Crippen LogP contribution in [0.5, 0.6) is 0 Å². The number of ether oxygens (including phenoxy) is 1. The lowest BCUT2D eigenvalue weighted by Gasteiger charge is -2.34. The Balaban J connectivity index is 1.56. The number of rotatable bonds is 7. The summed E-state index contributed by atoms with van der Waals surface area (Å²) in [6, 6.07) is 5.65. The molecule has 1 aliphatic heterocycles. The molecule has 1 fully saturated rings. The van der Waals surface area contributed by atoms with Gasteiger partial charge in [0.1, 0.15) is 15.7 Å². The van der Waals surface area contributed by atoms with Crippen molar-refractivity contribution in [2.24, 2.45) is 5.92 Å². The molecule has 0 aliphatic carbocycles. The maximum Gasteiger partial charge on any atom is 0.153 e. The summed E-state index contributed by atoms with van der Waals surface area (Å²) in [7, 11) is -3.03. The first-order chi connectivity index (χ1) is 14.3. The van der Waals surface area contributed by atoms with E-state index < -0.39 is 9.84 Å². The van der Waals surface area contributed by atoms with Gasteiger partial charge in [-0.15, -0.1) is 0 Å². The number of nitrogen functional groups attached to an aromatic ring is 2. The molecule has 4 rings (SSSR count). The largest absolute Gasteiger partial charge is 0.395 e. The summed E-state index contributed by atoms with van der Waals surface area (Å²) < 4.78 is 30.2. The first kappa shape index (κ1) is 20.3. The Morgan fingerprint density at radius 3 is 2.63 bits per heavy atom. The summed E-state index contributed by atoms with van der Waals surface area (Å²) in [5.74, 6) is 1.49. The number of sulfone groups is 1. The molecule has 0 spiro atoms. The van der Waals surface area contributed by atoms with Crippen molar-refractivity contribution >= 4 is 21.3 Å². The lowest BCUT2D eigenvalue weighted by atomic mass is 9.83. The maximum absolute atomic E-state index is 11.6. The molecular formula is C20H24N6O3S. The number of aromatic nitrogens is 4. The van der Waals surface area contributed by atoms with Crippen LogP contribution in [-0.4, -0.2) is 53.4 Å². The van der Waals surface area contributed by atoms with Crippen molar-refractivity contribution in [2.45, 2.75) is 12.3 Å². The van der Waals surface area contributed by atoms with Crippen LogP contribution in [0.4, 0.5) is 11.5 Å². The molecule has 30 heavy (non-hydrogen) atoms. The molecule has 1 unspecified atom stereocenters. The lowest BCUT2D eigenvalue weighted by Crippen LogP contribution is -2.34. The Labute approximate surface area is 175 Å². The van der Waals surface area contributed by atoms with Crippen molar-refractivity contribution in [1.82, 2.24) is 19.7 Å². The van der Waals surface area contributed by atoms with Crippen LogP contribution >= 0.6 is 0 Å². The first-order valence-corrected chi connectivity index (χ1v) is 11.6. The van der Waals surface area contributed by atoms with Crippen LogP contribution in [0.1, 0.15) is 17.9 Å². The van der Waals surface area contributed by atoms with Gasteiger partial charge in [0, 0.05) is 41.9 Å². The average molecular weight is 429 g/mol. The zero-order valence-electron chi connectivity index (χ0n) is 16.6. The van der Waals surface area contributed by atoms with Crippen LogP contribution in [0.15, 0.2) is 43.0 Å². The van der Waals surface area contributed by atoms with Gasteiger partial charge in [0.05, 0.1) is 30.9 Å². The van der Waals surface area contributed by atoms with E-state index >= 15 is 0 Å². The third kappa shape index (κ3) is 4.29. The number of anilines is 2. The van der Waals surface area contributed by atoms with Gasteiger partial charge in [0.2, 0.25) is 0 Å². The zero-order chi connectivity index (χ0) is 21.3. The van der Waals surface area contributed by atoms with Crippen LogP contribution in [-0.2, 0) is 14.6 Å². The number of nitrogens with two attached hydrogens (primary N) is 2. The third-order valence-corrected chi connectivity index (χ3v) is 6.36. The maximum atomic E-state index is 11.6.